The molecule has 2 rings (SSSR count). The van der Waals surface area contributed by atoms with Crippen LogP contribution in [0.2, 0.25) is 0 Å². The standard InChI is InChI=1S/C15H16O2/c1-4-13(16)15-8-7-14(17-15)12-6-5-10(2)11(3)9-12/h5-9H,4H2,1-3H3. The van der Waals surface area contributed by atoms with E-state index in [9.17, 15) is 4.79 Å². The zero-order valence-corrected chi connectivity index (χ0v) is 10.4. The molecule has 1 aromatic heterocycles. The summed E-state index contributed by atoms with van der Waals surface area (Å²) < 4.78 is 5.57. The number of carbonyl (C=O) groups is 1. The Morgan fingerprint density at radius 1 is 1.12 bits per heavy atom. The van der Waals surface area contributed by atoms with Crippen molar-refractivity contribution in [1.29, 1.82) is 0 Å². The normalized spacial score (nSPS) is 10.5. The summed E-state index contributed by atoms with van der Waals surface area (Å²) in [7, 11) is 0. The molecule has 2 aromatic rings. The summed E-state index contributed by atoms with van der Waals surface area (Å²) in [6.07, 6.45) is 0.472. The van der Waals surface area contributed by atoms with E-state index in [1.165, 1.54) is 11.1 Å². The molecule has 17 heavy (non-hydrogen) atoms. The van der Waals surface area contributed by atoms with Gasteiger partial charge in [-0.1, -0.05) is 19.1 Å². The summed E-state index contributed by atoms with van der Waals surface area (Å²) in [5, 5.41) is 0. The Morgan fingerprint density at radius 3 is 2.53 bits per heavy atom. The summed E-state index contributed by atoms with van der Waals surface area (Å²) in [5.41, 5.74) is 3.50. The van der Waals surface area contributed by atoms with Crippen molar-refractivity contribution < 1.29 is 9.21 Å². The lowest BCUT2D eigenvalue weighted by Gasteiger charge is -2.02. The van der Waals surface area contributed by atoms with Gasteiger partial charge in [0.1, 0.15) is 5.76 Å². The second-order valence-corrected chi connectivity index (χ2v) is 4.24. The summed E-state index contributed by atoms with van der Waals surface area (Å²) in [6, 6.07) is 9.76. The number of benzene rings is 1. The molecule has 0 unspecified atom stereocenters. The van der Waals surface area contributed by atoms with E-state index in [0.717, 1.165) is 11.3 Å². The topological polar surface area (TPSA) is 30.2 Å². The van der Waals surface area contributed by atoms with Crippen molar-refractivity contribution in [1.82, 2.24) is 0 Å². The van der Waals surface area contributed by atoms with E-state index >= 15 is 0 Å². The van der Waals surface area contributed by atoms with Crippen LogP contribution in [0.3, 0.4) is 0 Å². The smallest absolute Gasteiger partial charge is 0.197 e. The van der Waals surface area contributed by atoms with Crippen molar-refractivity contribution in [3.63, 3.8) is 0 Å². The number of Topliss-reactive ketones (excluding diaryl/α,β-unsaturated/α-hetero) is 1. The van der Waals surface area contributed by atoms with E-state index in [2.05, 4.69) is 26.0 Å². The van der Waals surface area contributed by atoms with Crippen LogP contribution in [-0.4, -0.2) is 5.78 Å². The van der Waals surface area contributed by atoms with Crippen LogP contribution in [0.25, 0.3) is 11.3 Å². The zero-order valence-electron chi connectivity index (χ0n) is 10.4. The van der Waals surface area contributed by atoms with Gasteiger partial charge in [-0.05, 0) is 43.2 Å². The van der Waals surface area contributed by atoms with Gasteiger partial charge in [-0.25, -0.2) is 0 Å². The first-order valence-electron chi connectivity index (χ1n) is 5.82. The van der Waals surface area contributed by atoms with Crippen molar-refractivity contribution in [2.45, 2.75) is 27.2 Å². The van der Waals surface area contributed by atoms with E-state index < -0.39 is 0 Å². The molecule has 0 spiro atoms. The van der Waals surface area contributed by atoms with Crippen LogP contribution in [0.5, 0.6) is 0 Å². The molecule has 88 valence electrons. The minimum atomic E-state index is 0.0417. The Balaban J connectivity index is 2.37. The number of hydrogen-bond donors (Lipinski definition) is 0. The lowest BCUT2D eigenvalue weighted by molar-refractivity contribution is 0.0962. The van der Waals surface area contributed by atoms with Gasteiger partial charge in [0.25, 0.3) is 0 Å². The summed E-state index contributed by atoms with van der Waals surface area (Å²) in [4.78, 5) is 11.5. The molecular formula is C15H16O2. The quantitative estimate of drug-likeness (QED) is 0.738. The number of carbonyl (C=O) groups excluding carboxylic acids is 1. The lowest BCUT2D eigenvalue weighted by atomic mass is 10.1. The molecule has 0 bridgehead atoms. The highest BCUT2D eigenvalue weighted by Gasteiger charge is 2.10. The molecule has 0 amide bonds. The van der Waals surface area contributed by atoms with Gasteiger partial charge < -0.3 is 4.42 Å². The number of rotatable bonds is 3. The summed E-state index contributed by atoms with van der Waals surface area (Å²) >= 11 is 0. The second kappa shape index (κ2) is 4.58. The lowest BCUT2D eigenvalue weighted by Crippen LogP contribution is -1.92. The van der Waals surface area contributed by atoms with Crippen LogP contribution in [0.15, 0.2) is 34.7 Å². The first kappa shape index (κ1) is 11.6. The Labute approximate surface area is 101 Å². The maximum atomic E-state index is 11.5. The average Bonchev–Trinajstić information content (AvgIpc) is 2.81. The van der Waals surface area contributed by atoms with Gasteiger partial charge in [0, 0.05) is 12.0 Å². The van der Waals surface area contributed by atoms with E-state index in [-0.39, 0.29) is 5.78 Å². The van der Waals surface area contributed by atoms with Gasteiger partial charge in [0.15, 0.2) is 11.5 Å². The highest BCUT2D eigenvalue weighted by atomic mass is 16.3. The zero-order chi connectivity index (χ0) is 12.4. The Morgan fingerprint density at radius 2 is 1.88 bits per heavy atom. The fourth-order valence-electron chi connectivity index (χ4n) is 1.71. The molecule has 0 atom stereocenters. The SMILES string of the molecule is CCC(=O)c1ccc(-c2ccc(C)c(C)c2)o1. The van der Waals surface area contributed by atoms with Gasteiger partial charge in [0.2, 0.25) is 0 Å². The molecular weight excluding hydrogens is 212 g/mol. The monoisotopic (exact) mass is 228 g/mol. The summed E-state index contributed by atoms with van der Waals surface area (Å²) in [6.45, 7) is 5.98. The number of hydrogen-bond acceptors (Lipinski definition) is 2. The molecule has 1 aromatic carbocycles. The summed E-state index contributed by atoms with van der Waals surface area (Å²) in [5.74, 6) is 1.24. The van der Waals surface area contributed by atoms with Gasteiger partial charge in [-0.3, -0.25) is 4.79 Å². The van der Waals surface area contributed by atoms with Gasteiger partial charge in [0.05, 0.1) is 0 Å². The van der Waals surface area contributed by atoms with Crippen molar-refractivity contribution in [3.8, 4) is 11.3 Å². The van der Waals surface area contributed by atoms with Gasteiger partial charge in [-0.15, -0.1) is 0 Å². The van der Waals surface area contributed by atoms with E-state index in [1.54, 1.807) is 6.07 Å². The predicted molar refractivity (Wildman–Crippen MR) is 68.2 cm³/mol. The van der Waals surface area contributed by atoms with Gasteiger partial charge in [-0.2, -0.15) is 0 Å². The molecule has 2 heteroatoms. The van der Waals surface area contributed by atoms with Gasteiger partial charge >= 0.3 is 0 Å². The maximum Gasteiger partial charge on any atom is 0.197 e. The highest BCUT2D eigenvalue weighted by Crippen LogP contribution is 2.24. The van der Waals surface area contributed by atoms with Crippen molar-refractivity contribution in [3.05, 3.63) is 47.2 Å². The molecule has 0 saturated heterocycles. The Hall–Kier alpha value is -1.83. The van der Waals surface area contributed by atoms with Crippen molar-refractivity contribution in [2.24, 2.45) is 0 Å². The molecule has 1 heterocycles. The van der Waals surface area contributed by atoms with Crippen molar-refractivity contribution in [2.75, 3.05) is 0 Å². The third-order valence-corrected chi connectivity index (χ3v) is 2.99. The highest BCUT2D eigenvalue weighted by molar-refractivity contribution is 5.93. The van der Waals surface area contributed by atoms with E-state index in [0.29, 0.717) is 12.2 Å². The molecule has 0 aliphatic carbocycles. The van der Waals surface area contributed by atoms with Crippen LogP contribution in [-0.2, 0) is 0 Å². The second-order valence-electron chi connectivity index (χ2n) is 4.24. The number of ketones is 1. The largest absolute Gasteiger partial charge is 0.453 e. The molecule has 0 aliphatic rings. The Bertz CT molecular complexity index is 550. The fourth-order valence-corrected chi connectivity index (χ4v) is 1.71. The van der Waals surface area contributed by atoms with E-state index in [1.807, 2.05) is 19.1 Å². The van der Waals surface area contributed by atoms with Crippen LogP contribution >= 0.6 is 0 Å². The first-order chi connectivity index (χ1) is 8.11. The van der Waals surface area contributed by atoms with E-state index in [4.69, 9.17) is 4.42 Å². The van der Waals surface area contributed by atoms with Crippen molar-refractivity contribution >= 4 is 5.78 Å². The fraction of sp³-hybridized carbons (Fsp3) is 0.267. The van der Waals surface area contributed by atoms with Crippen LogP contribution < -0.4 is 0 Å². The molecule has 0 saturated carbocycles. The molecule has 0 radical (unpaired) electrons. The number of aryl methyl sites for hydroxylation is 2. The third kappa shape index (κ3) is 2.31. The molecule has 0 fully saturated rings. The number of furan rings is 1. The predicted octanol–water partition coefficient (Wildman–Crippen LogP) is 4.16. The van der Waals surface area contributed by atoms with Crippen LogP contribution in [0.4, 0.5) is 0 Å². The minimum absolute atomic E-state index is 0.0417. The van der Waals surface area contributed by atoms with Crippen LogP contribution in [0.1, 0.15) is 35.0 Å². The molecule has 0 aliphatic heterocycles. The average molecular weight is 228 g/mol. The Kier molecular flexibility index (Phi) is 3.14. The molecule has 0 N–H and O–H groups in total. The minimum Gasteiger partial charge on any atom is -0.453 e. The first-order valence-corrected chi connectivity index (χ1v) is 5.82. The molecule has 2 nitrogen and oxygen atoms in total. The third-order valence-electron chi connectivity index (χ3n) is 2.99. The van der Waals surface area contributed by atoms with Crippen LogP contribution in [0, 0.1) is 13.8 Å². The maximum absolute atomic E-state index is 11.5.